The SMILES string of the molecule is Cc1cn(C(C)(C)C)c(N)n1. The average molecular weight is 153 g/mol. The summed E-state index contributed by atoms with van der Waals surface area (Å²) in [5, 5.41) is 0. The maximum atomic E-state index is 5.68. The number of nitrogens with two attached hydrogens (primary N) is 1. The third-order valence-electron chi connectivity index (χ3n) is 1.58. The van der Waals surface area contributed by atoms with E-state index in [4.69, 9.17) is 5.73 Å². The first-order valence-electron chi connectivity index (χ1n) is 3.73. The van der Waals surface area contributed by atoms with Crippen LogP contribution in [0.5, 0.6) is 0 Å². The van der Waals surface area contributed by atoms with E-state index in [2.05, 4.69) is 25.8 Å². The summed E-state index contributed by atoms with van der Waals surface area (Å²) in [4.78, 5) is 4.12. The van der Waals surface area contributed by atoms with Crippen LogP contribution in [-0.4, -0.2) is 9.55 Å². The minimum absolute atomic E-state index is 0.0331. The van der Waals surface area contributed by atoms with E-state index in [0.29, 0.717) is 5.95 Å². The van der Waals surface area contributed by atoms with Crippen molar-refractivity contribution >= 4 is 5.95 Å². The van der Waals surface area contributed by atoms with Crippen molar-refractivity contribution < 1.29 is 0 Å². The molecule has 0 bridgehead atoms. The van der Waals surface area contributed by atoms with Crippen molar-refractivity contribution in [3.8, 4) is 0 Å². The second-order valence-corrected chi connectivity index (χ2v) is 3.78. The number of imidazole rings is 1. The standard InChI is InChI=1S/C8H15N3/c1-6-5-11(7(9)10-6)8(2,3)4/h5H,1-4H3,(H2,9,10). The molecule has 1 heterocycles. The first-order chi connectivity index (χ1) is 4.91. The number of anilines is 1. The van der Waals surface area contributed by atoms with Crippen molar-refractivity contribution in [2.45, 2.75) is 33.2 Å². The van der Waals surface area contributed by atoms with E-state index in [1.807, 2.05) is 17.7 Å². The second-order valence-electron chi connectivity index (χ2n) is 3.78. The number of aryl methyl sites for hydroxylation is 1. The molecule has 62 valence electrons. The average Bonchev–Trinajstić information content (AvgIpc) is 2.08. The maximum Gasteiger partial charge on any atom is 0.200 e. The van der Waals surface area contributed by atoms with Crippen molar-refractivity contribution in [1.29, 1.82) is 0 Å². The molecule has 0 saturated heterocycles. The summed E-state index contributed by atoms with van der Waals surface area (Å²) in [6.45, 7) is 8.25. The van der Waals surface area contributed by atoms with Gasteiger partial charge in [-0.1, -0.05) is 0 Å². The molecule has 0 aromatic carbocycles. The predicted octanol–water partition coefficient (Wildman–Crippen LogP) is 1.53. The van der Waals surface area contributed by atoms with Crippen LogP contribution in [0.3, 0.4) is 0 Å². The lowest BCUT2D eigenvalue weighted by atomic mass is 10.1. The molecule has 1 rings (SSSR count). The van der Waals surface area contributed by atoms with Crippen molar-refractivity contribution in [2.24, 2.45) is 0 Å². The van der Waals surface area contributed by atoms with Gasteiger partial charge in [-0.2, -0.15) is 0 Å². The van der Waals surface area contributed by atoms with Crippen LogP contribution in [0.25, 0.3) is 0 Å². The maximum absolute atomic E-state index is 5.68. The van der Waals surface area contributed by atoms with Gasteiger partial charge in [0, 0.05) is 11.7 Å². The second kappa shape index (κ2) is 2.26. The minimum atomic E-state index is 0.0331. The summed E-state index contributed by atoms with van der Waals surface area (Å²) < 4.78 is 1.97. The molecule has 0 fully saturated rings. The molecule has 0 saturated carbocycles. The van der Waals surface area contributed by atoms with Gasteiger partial charge in [-0.25, -0.2) is 4.98 Å². The highest BCUT2D eigenvalue weighted by molar-refractivity contribution is 5.23. The molecular formula is C8H15N3. The molecular weight excluding hydrogens is 138 g/mol. The molecule has 0 atom stereocenters. The summed E-state index contributed by atoms with van der Waals surface area (Å²) >= 11 is 0. The highest BCUT2D eigenvalue weighted by Crippen LogP contribution is 2.18. The van der Waals surface area contributed by atoms with Crippen molar-refractivity contribution in [3.05, 3.63) is 11.9 Å². The predicted molar refractivity (Wildman–Crippen MR) is 46.4 cm³/mol. The Bertz CT molecular complexity index is 255. The minimum Gasteiger partial charge on any atom is -0.369 e. The van der Waals surface area contributed by atoms with E-state index < -0.39 is 0 Å². The molecule has 3 nitrogen and oxygen atoms in total. The van der Waals surface area contributed by atoms with E-state index in [-0.39, 0.29) is 5.54 Å². The molecule has 0 aliphatic carbocycles. The van der Waals surface area contributed by atoms with E-state index >= 15 is 0 Å². The Morgan fingerprint density at radius 2 is 2.00 bits per heavy atom. The van der Waals surface area contributed by atoms with Crippen LogP contribution in [0, 0.1) is 6.92 Å². The highest BCUT2D eigenvalue weighted by Gasteiger charge is 2.15. The number of rotatable bonds is 0. The van der Waals surface area contributed by atoms with Crippen LogP contribution in [0.2, 0.25) is 0 Å². The van der Waals surface area contributed by atoms with E-state index in [1.54, 1.807) is 0 Å². The van der Waals surface area contributed by atoms with Gasteiger partial charge in [0.15, 0.2) is 0 Å². The van der Waals surface area contributed by atoms with Gasteiger partial charge in [0.25, 0.3) is 0 Å². The van der Waals surface area contributed by atoms with Crippen molar-refractivity contribution in [1.82, 2.24) is 9.55 Å². The third kappa shape index (κ3) is 1.53. The quantitative estimate of drug-likeness (QED) is 0.614. The monoisotopic (exact) mass is 153 g/mol. The summed E-state index contributed by atoms with van der Waals surface area (Å²) in [5.74, 6) is 0.593. The molecule has 0 spiro atoms. The van der Waals surface area contributed by atoms with Crippen molar-refractivity contribution in [2.75, 3.05) is 5.73 Å². The molecule has 3 heteroatoms. The molecule has 0 aliphatic rings. The zero-order chi connectivity index (χ0) is 8.65. The zero-order valence-corrected chi connectivity index (χ0v) is 7.55. The fourth-order valence-electron chi connectivity index (χ4n) is 1.05. The first kappa shape index (κ1) is 8.11. The number of nitrogen functional groups attached to an aromatic ring is 1. The van der Waals surface area contributed by atoms with Crippen LogP contribution in [0.1, 0.15) is 26.5 Å². The molecule has 0 radical (unpaired) electrons. The number of hydrogen-bond acceptors (Lipinski definition) is 2. The van der Waals surface area contributed by atoms with Gasteiger partial charge < -0.3 is 10.3 Å². The van der Waals surface area contributed by atoms with Gasteiger partial charge >= 0.3 is 0 Å². The largest absolute Gasteiger partial charge is 0.369 e. The Balaban J connectivity index is 3.13. The highest BCUT2D eigenvalue weighted by atomic mass is 15.2. The normalized spacial score (nSPS) is 12.0. The summed E-state index contributed by atoms with van der Waals surface area (Å²) in [6.07, 6.45) is 1.97. The van der Waals surface area contributed by atoms with E-state index in [0.717, 1.165) is 5.69 Å². The molecule has 11 heavy (non-hydrogen) atoms. The molecule has 1 aromatic rings. The molecule has 2 N–H and O–H groups in total. The number of aromatic nitrogens is 2. The van der Waals surface area contributed by atoms with E-state index in [9.17, 15) is 0 Å². The van der Waals surface area contributed by atoms with Crippen LogP contribution < -0.4 is 5.73 Å². The third-order valence-corrected chi connectivity index (χ3v) is 1.58. The topological polar surface area (TPSA) is 43.8 Å². The Kier molecular flexibility index (Phi) is 1.66. The van der Waals surface area contributed by atoms with Gasteiger partial charge in [-0.15, -0.1) is 0 Å². The number of hydrogen-bond donors (Lipinski definition) is 1. The summed E-state index contributed by atoms with van der Waals surface area (Å²) in [5.41, 5.74) is 6.68. The van der Waals surface area contributed by atoms with Crippen LogP contribution in [0.15, 0.2) is 6.20 Å². The molecule has 1 aromatic heterocycles. The first-order valence-corrected chi connectivity index (χ1v) is 3.73. The van der Waals surface area contributed by atoms with Gasteiger partial charge in [-0.05, 0) is 27.7 Å². The smallest absolute Gasteiger partial charge is 0.200 e. The van der Waals surface area contributed by atoms with Crippen LogP contribution >= 0.6 is 0 Å². The lowest BCUT2D eigenvalue weighted by Crippen LogP contribution is -2.22. The van der Waals surface area contributed by atoms with Gasteiger partial charge in [-0.3, -0.25) is 0 Å². The van der Waals surface area contributed by atoms with Crippen molar-refractivity contribution in [3.63, 3.8) is 0 Å². The summed E-state index contributed by atoms with van der Waals surface area (Å²) in [7, 11) is 0. The molecule has 0 aliphatic heterocycles. The van der Waals surface area contributed by atoms with Gasteiger partial charge in [0.1, 0.15) is 0 Å². The Morgan fingerprint density at radius 3 is 2.18 bits per heavy atom. The fraction of sp³-hybridized carbons (Fsp3) is 0.625. The Hall–Kier alpha value is -0.990. The number of nitrogens with zero attached hydrogens (tertiary/aromatic N) is 2. The van der Waals surface area contributed by atoms with Gasteiger partial charge in [0.2, 0.25) is 5.95 Å². The zero-order valence-electron chi connectivity index (χ0n) is 7.55. The fourth-order valence-corrected chi connectivity index (χ4v) is 1.05. The molecule has 0 amide bonds. The summed E-state index contributed by atoms with van der Waals surface area (Å²) in [6, 6.07) is 0. The van der Waals surface area contributed by atoms with Gasteiger partial charge in [0.05, 0.1) is 5.69 Å². The van der Waals surface area contributed by atoms with Crippen LogP contribution in [-0.2, 0) is 5.54 Å². The van der Waals surface area contributed by atoms with Crippen LogP contribution in [0.4, 0.5) is 5.95 Å². The molecule has 0 unspecified atom stereocenters. The Morgan fingerprint density at radius 1 is 1.45 bits per heavy atom. The lowest BCUT2D eigenvalue weighted by Gasteiger charge is -2.21. The van der Waals surface area contributed by atoms with E-state index in [1.165, 1.54) is 0 Å². The Labute approximate surface area is 67.2 Å². The lowest BCUT2D eigenvalue weighted by molar-refractivity contribution is 0.402.